The quantitative estimate of drug-likeness (QED) is 0.537. The average molecular weight is 315 g/mol. The Labute approximate surface area is 138 Å². The second kappa shape index (κ2) is 5.78. The van der Waals surface area contributed by atoms with Gasteiger partial charge < -0.3 is 5.11 Å². The largest absolute Gasteiger partial charge is 0.507 e. The molecule has 0 fully saturated rings. The van der Waals surface area contributed by atoms with Crippen molar-refractivity contribution in [1.29, 1.82) is 0 Å². The molecule has 0 bridgehead atoms. The molecule has 0 spiro atoms. The van der Waals surface area contributed by atoms with E-state index in [-0.39, 0.29) is 11.6 Å². The van der Waals surface area contributed by atoms with E-state index in [9.17, 15) is 9.50 Å². The van der Waals surface area contributed by atoms with Crippen LogP contribution in [0.4, 0.5) is 4.39 Å². The smallest absolute Gasteiger partial charge is 0.131 e. The average Bonchev–Trinajstić information content (AvgIpc) is 2.61. The summed E-state index contributed by atoms with van der Waals surface area (Å²) in [6.07, 6.45) is 5.49. The summed E-state index contributed by atoms with van der Waals surface area (Å²) in [6, 6.07) is 17.8. The fourth-order valence-corrected chi connectivity index (χ4v) is 2.94. The fraction of sp³-hybridized carbons (Fsp3) is 0. The molecule has 3 aromatic carbocycles. The Kier molecular flexibility index (Phi) is 3.47. The highest BCUT2D eigenvalue weighted by Crippen LogP contribution is 2.31. The van der Waals surface area contributed by atoms with Gasteiger partial charge in [-0.2, -0.15) is 0 Å². The molecule has 3 heteroatoms. The number of hydrogen-bond donors (Lipinski definition) is 1. The SMILES string of the molecule is Oc1ccc2c(F)cccc2c1/C=C/c1ccnc2ccccc12. The molecule has 2 nitrogen and oxygen atoms in total. The van der Waals surface area contributed by atoms with Crippen molar-refractivity contribution in [3.63, 3.8) is 0 Å². The van der Waals surface area contributed by atoms with Crippen LogP contribution in [0.15, 0.2) is 66.9 Å². The van der Waals surface area contributed by atoms with Gasteiger partial charge in [-0.1, -0.05) is 42.5 Å². The summed E-state index contributed by atoms with van der Waals surface area (Å²) >= 11 is 0. The number of aromatic nitrogens is 1. The van der Waals surface area contributed by atoms with Crippen molar-refractivity contribution in [2.45, 2.75) is 0 Å². The van der Waals surface area contributed by atoms with Crippen molar-refractivity contribution < 1.29 is 9.50 Å². The first kappa shape index (κ1) is 14.4. The molecule has 1 N–H and O–H groups in total. The Morgan fingerprint density at radius 3 is 2.54 bits per heavy atom. The maximum absolute atomic E-state index is 14.0. The first-order valence-corrected chi connectivity index (χ1v) is 7.66. The zero-order valence-electron chi connectivity index (χ0n) is 12.8. The number of phenols is 1. The van der Waals surface area contributed by atoms with E-state index in [2.05, 4.69) is 4.98 Å². The summed E-state index contributed by atoms with van der Waals surface area (Å²) in [7, 11) is 0. The molecule has 1 heterocycles. The van der Waals surface area contributed by atoms with Gasteiger partial charge in [-0.15, -0.1) is 0 Å². The van der Waals surface area contributed by atoms with Gasteiger partial charge in [0.1, 0.15) is 11.6 Å². The van der Waals surface area contributed by atoms with Gasteiger partial charge in [-0.3, -0.25) is 4.98 Å². The van der Waals surface area contributed by atoms with E-state index in [1.807, 2.05) is 48.6 Å². The van der Waals surface area contributed by atoms with Crippen LogP contribution in [-0.2, 0) is 0 Å². The number of phenolic OH excluding ortho intramolecular Hbond substituents is 1. The lowest BCUT2D eigenvalue weighted by Crippen LogP contribution is -1.85. The summed E-state index contributed by atoms with van der Waals surface area (Å²) < 4.78 is 14.0. The van der Waals surface area contributed by atoms with Crippen molar-refractivity contribution in [1.82, 2.24) is 4.98 Å². The molecule has 0 atom stereocenters. The molecule has 1 aromatic heterocycles. The van der Waals surface area contributed by atoms with Crippen LogP contribution in [-0.4, -0.2) is 10.1 Å². The summed E-state index contributed by atoms with van der Waals surface area (Å²) in [4.78, 5) is 4.34. The van der Waals surface area contributed by atoms with Gasteiger partial charge in [0.2, 0.25) is 0 Å². The van der Waals surface area contributed by atoms with Gasteiger partial charge in [0.15, 0.2) is 0 Å². The number of hydrogen-bond acceptors (Lipinski definition) is 2. The van der Waals surface area contributed by atoms with Gasteiger partial charge >= 0.3 is 0 Å². The molecule has 4 rings (SSSR count). The number of pyridine rings is 1. The second-order valence-corrected chi connectivity index (χ2v) is 5.58. The standard InChI is InChI=1S/C21H14FNO/c22-19-6-3-5-16-17(19)10-11-21(24)18(16)9-8-14-12-13-23-20-7-2-1-4-15(14)20/h1-13,24H/b9-8+. The van der Waals surface area contributed by atoms with Gasteiger partial charge in [0.05, 0.1) is 5.52 Å². The number of halogens is 1. The number of aromatic hydroxyl groups is 1. The van der Waals surface area contributed by atoms with Gasteiger partial charge in [0.25, 0.3) is 0 Å². The van der Waals surface area contributed by atoms with Crippen LogP contribution >= 0.6 is 0 Å². The number of rotatable bonds is 2. The zero-order chi connectivity index (χ0) is 16.5. The minimum Gasteiger partial charge on any atom is -0.507 e. The lowest BCUT2D eigenvalue weighted by Gasteiger charge is -2.06. The van der Waals surface area contributed by atoms with Crippen LogP contribution in [0.1, 0.15) is 11.1 Å². The molecule has 0 amide bonds. The number of para-hydroxylation sites is 1. The highest BCUT2D eigenvalue weighted by Gasteiger charge is 2.07. The highest BCUT2D eigenvalue weighted by atomic mass is 19.1. The molecule has 0 saturated carbocycles. The maximum Gasteiger partial charge on any atom is 0.131 e. The summed E-state index contributed by atoms with van der Waals surface area (Å²) in [5.41, 5.74) is 2.51. The van der Waals surface area contributed by atoms with Crippen molar-refractivity contribution >= 4 is 33.8 Å². The molecule has 0 aliphatic rings. The molecule has 24 heavy (non-hydrogen) atoms. The van der Waals surface area contributed by atoms with Crippen molar-refractivity contribution in [3.8, 4) is 5.75 Å². The third-order valence-corrected chi connectivity index (χ3v) is 4.14. The predicted molar refractivity (Wildman–Crippen MR) is 96.2 cm³/mol. The van der Waals surface area contributed by atoms with Crippen LogP contribution in [0.3, 0.4) is 0 Å². The molecule has 0 unspecified atom stereocenters. The Morgan fingerprint density at radius 1 is 0.792 bits per heavy atom. The third-order valence-electron chi connectivity index (χ3n) is 4.14. The summed E-state index contributed by atoms with van der Waals surface area (Å²) in [5.74, 6) is -0.167. The van der Waals surface area contributed by atoms with Gasteiger partial charge in [-0.25, -0.2) is 4.39 Å². The fourth-order valence-electron chi connectivity index (χ4n) is 2.94. The molecule has 0 radical (unpaired) electrons. The van der Waals surface area contributed by atoms with E-state index in [0.29, 0.717) is 16.3 Å². The molecule has 0 saturated heterocycles. The van der Waals surface area contributed by atoms with E-state index >= 15 is 0 Å². The van der Waals surface area contributed by atoms with E-state index < -0.39 is 0 Å². The summed E-state index contributed by atoms with van der Waals surface area (Å²) in [6.45, 7) is 0. The van der Waals surface area contributed by atoms with Crippen LogP contribution in [0.25, 0.3) is 33.8 Å². The maximum atomic E-state index is 14.0. The van der Waals surface area contributed by atoms with Crippen molar-refractivity contribution in [2.24, 2.45) is 0 Å². The predicted octanol–water partition coefficient (Wildman–Crippen LogP) is 5.40. The number of benzene rings is 3. The monoisotopic (exact) mass is 315 g/mol. The van der Waals surface area contributed by atoms with Crippen LogP contribution < -0.4 is 0 Å². The first-order chi connectivity index (χ1) is 11.7. The van der Waals surface area contributed by atoms with E-state index in [4.69, 9.17) is 0 Å². The lowest BCUT2D eigenvalue weighted by atomic mass is 10.0. The minimum absolute atomic E-state index is 0.128. The Bertz CT molecular complexity index is 1080. The van der Waals surface area contributed by atoms with Crippen molar-refractivity contribution in [2.75, 3.05) is 0 Å². The van der Waals surface area contributed by atoms with E-state index in [1.165, 1.54) is 12.1 Å². The first-order valence-electron chi connectivity index (χ1n) is 7.66. The Morgan fingerprint density at radius 2 is 1.62 bits per heavy atom. The van der Waals surface area contributed by atoms with Crippen LogP contribution in [0.5, 0.6) is 5.75 Å². The lowest BCUT2D eigenvalue weighted by molar-refractivity contribution is 0.475. The molecule has 4 aromatic rings. The molecule has 0 aliphatic carbocycles. The second-order valence-electron chi connectivity index (χ2n) is 5.58. The molecular formula is C21H14FNO. The van der Waals surface area contributed by atoms with E-state index in [1.54, 1.807) is 18.3 Å². The van der Waals surface area contributed by atoms with Gasteiger partial charge in [0, 0.05) is 22.5 Å². The van der Waals surface area contributed by atoms with E-state index in [0.717, 1.165) is 16.5 Å². The number of fused-ring (bicyclic) bond motifs is 2. The van der Waals surface area contributed by atoms with Crippen LogP contribution in [0, 0.1) is 5.82 Å². The Balaban J connectivity index is 1.88. The zero-order valence-corrected chi connectivity index (χ0v) is 12.8. The minimum atomic E-state index is -0.295. The normalized spacial score (nSPS) is 11.5. The number of nitrogens with zero attached hydrogens (tertiary/aromatic N) is 1. The molecular weight excluding hydrogens is 301 g/mol. The Hall–Kier alpha value is -3.20. The summed E-state index contributed by atoms with van der Waals surface area (Å²) in [5, 5.41) is 12.4. The topological polar surface area (TPSA) is 33.1 Å². The molecule has 116 valence electrons. The highest BCUT2D eigenvalue weighted by molar-refractivity contribution is 5.97. The van der Waals surface area contributed by atoms with Crippen molar-refractivity contribution in [3.05, 3.63) is 83.8 Å². The van der Waals surface area contributed by atoms with Gasteiger partial charge in [-0.05, 0) is 41.3 Å². The third kappa shape index (κ3) is 2.40. The van der Waals surface area contributed by atoms with Crippen LogP contribution in [0.2, 0.25) is 0 Å². The molecule has 0 aliphatic heterocycles.